The van der Waals surface area contributed by atoms with Gasteiger partial charge in [0.1, 0.15) is 0 Å². The summed E-state index contributed by atoms with van der Waals surface area (Å²) in [5.74, 6) is -0.412. The molecule has 1 aromatic carbocycles. The van der Waals surface area contributed by atoms with Gasteiger partial charge in [-0.2, -0.15) is 0 Å². The number of anilines is 2. The first-order valence-electron chi connectivity index (χ1n) is 9.47. The fourth-order valence-electron chi connectivity index (χ4n) is 3.98. The number of hydrogen-bond acceptors (Lipinski definition) is 4. The molecule has 0 aliphatic carbocycles. The molecule has 1 aromatic heterocycles. The molecule has 1 saturated heterocycles. The second-order valence-corrected chi connectivity index (χ2v) is 7.21. The minimum absolute atomic E-state index is 0.0602. The minimum Gasteiger partial charge on any atom is -0.370 e. The molecule has 0 radical (unpaired) electrons. The Bertz CT molecular complexity index is 867. The van der Waals surface area contributed by atoms with Gasteiger partial charge in [0.2, 0.25) is 11.8 Å². The van der Waals surface area contributed by atoms with E-state index < -0.39 is 0 Å². The van der Waals surface area contributed by atoms with Crippen molar-refractivity contribution in [2.45, 2.75) is 25.7 Å². The maximum Gasteiger partial charge on any atom is 0.230 e. The van der Waals surface area contributed by atoms with Crippen LogP contribution in [0.15, 0.2) is 42.6 Å². The van der Waals surface area contributed by atoms with Crippen molar-refractivity contribution in [2.75, 3.05) is 36.4 Å². The minimum atomic E-state index is -0.385. The third-order valence-corrected chi connectivity index (χ3v) is 5.35. The molecule has 2 aliphatic rings. The molecule has 2 aromatic rings. The van der Waals surface area contributed by atoms with E-state index in [-0.39, 0.29) is 24.2 Å². The topological polar surface area (TPSA) is 65.5 Å². The molecule has 0 spiro atoms. The highest BCUT2D eigenvalue weighted by Crippen LogP contribution is 2.33. The highest BCUT2D eigenvalue weighted by Gasteiger charge is 2.33. The molecule has 1 unspecified atom stereocenters. The van der Waals surface area contributed by atoms with Crippen LogP contribution in [0.4, 0.5) is 11.4 Å². The van der Waals surface area contributed by atoms with E-state index in [1.807, 2.05) is 48.4 Å². The number of carbonyl (C=O) groups is 2. The molecule has 2 amide bonds. The van der Waals surface area contributed by atoms with Crippen LogP contribution >= 0.6 is 0 Å². The molecule has 140 valence electrons. The van der Waals surface area contributed by atoms with Crippen LogP contribution in [0.3, 0.4) is 0 Å². The molecular weight excluding hydrogens is 340 g/mol. The largest absolute Gasteiger partial charge is 0.370 e. The maximum absolute atomic E-state index is 13.2. The first-order valence-corrected chi connectivity index (χ1v) is 9.47. The Balaban J connectivity index is 1.50. The first kappa shape index (κ1) is 17.5. The van der Waals surface area contributed by atoms with Gasteiger partial charge in [-0.25, -0.2) is 0 Å². The Labute approximate surface area is 159 Å². The Morgan fingerprint density at radius 2 is 2.00 bits per heavy atom. The fraction of sp³-hybridized carbons (Fsp3) is 0.381. The number of amides is 2. The van der Waals surface area contributed by atoms with Gasteiger partial charge >= 0.3 is 0 Å². The summed E-state index contributed by atoms with van der Waals surface area (Å²) < 4.78 is 0. The Morgan fingerprint density at radius 3 is 2.85 bits per heavy atom. The summed E-state index contributed by atoms with van der Waals surface area (Å²) in [7, 11) is 0. The number of nitrogens with one attached hydrogen (secondary N) is 1. The average Bonchev–Trinajstić information content (AvgIpc) is 2.93. The lowest BCUT2D eigenvalue weighted by molar-refractivity contribution is -0.134. The second kappa shape index (κ2) is 7.39. The number of aromatic nitrogens is 1. The van der Waals surface area contributed by atoms with Crippen LogP contribution in [0.5, 0.6) is 0 Å². The zero-order valence-corrected chi connectivity index (χ0v) is 15.5. The predicted octanol–water partition coefficient (Wildman–Crippen LogP) is 2.55. The van der Waals surface area contributed by atoms with E-state index in [4.69, 9.17) is 0 Å². The summed E-state index contributed by atoms with van der Waals surface area (Å²) in [6.45, 7) is 5.08. The van der Waals surface area contributed by atoms with Gasteiger partial charge in [-0.15, -0.1) is 0 Å². The molecule has 2 aliphatic heterocycles. The van der Waals surface area contributed by atoms with Gasteiger partial charge in [0.25, 0.3) is 0 Å². The van der Waals surface area contributed by atoms with E-state index >= 15 is 0 Å². The van der Waals surface area contributed by atoms with Crippen LogP contribution in [0.1, 0.15) is 30.0 Å². The SMILES string of the molecule is Cc1cc(N2CCCN(C(=O)C3CC(=O)Nc4ccccc43)CC2)ccn1. The molecule has 4 rings (SSSR count). The third kappa shape index (κ3) is 3.65. The summed E-state index contributed by atoms with van der Waals surface area (Å²) in [6, 6.07) is 11.7. The van der Waals surface area contributed by atoms with Gasteiger partial charge in [-0.3, -0.25) is 14.6 Å². The highest BCUT2D eigenvalue weighted by molar-refractivity contribution is 6.01. The lowest BCUT2D eigenvalue weighted by Crippen LogP contribution is -2.40. The van der Waals surface area contributed by atoms with E-state index in [2.05, 4.69) is 21.3 Å². The smallest absolute Gasteiger partial charge is 0.230 e. The number of rotatable bonds is 2. The number of fused-ring (bicyclic) bond motifs is 1. The number of aryl methyl sites for hydroxylation is 1. The first-order chi connectivity index (χ1) is 13.1. The predicted molar refractivity (Wildman–Crippen MR) is 105 cm³/mol. The summed E-state index contributed by atoms with van der Waals surface area (Å²) in [6.07, 6.45) is 2.96. The number of benzene rings is 1. The maximum atomic E-state index is 13.2. The standard InChI is InChI=1S/C21H24N4O2/c1-15-13-16(7-8-22-15)24-9-4-10-25(12-11-24)21(27)18-14-20(26)23-19-6-3-2-5-17(18)19/h2-3,5-8,13,18H,4,9-12,14H2,1H3,(H,23,26). The molecule has 3 heterocycles. The average molecular weight is 364 g/mol. The van der Waals surface area contributed by atoms with E-state index in [9.17, 15) is 9.59 Å². The molecule has 27 heavy (non-hydrogen) atoms. The molecular formula is C21H24N4O2. The van der Waals surface area contributed by atoms with Crippen molar-refractivity contribution in [3.63, 3.8) is 0 Å². The van der Waals surface area contributed by atoms with E-state index in [0.717, 1.165) is 48.7 Å². The molecule has 6 nitrogen and oxygen atoms in total. The van der Waals surface area contributed by atoms with Crippen LogP contribution in [-0.2, 0) is 9.59 Å². The van der Waals surface area contributed by atoms with E-state index in [1.54, 1.807) is 0 Å². The zero-order chi connectivity index (χ0) is 18.8. The second-order valence-electron chi connectivity index (χ2n) is 7.21. The van der Waals surface area contributed by atoms with Gasteiger partial charge in [0.05, 0.1) is 5.92 Å². The number of para-hydroxylation sites is 1. The lowest BCUT2D eigenvalue weighted by atomic mass is 9.89. The van der Waals surface area contributed by atoms with Crippen LogP contribution in [-0.4, -0.2) is 47.9 Å². The molecule has 6 heteroatoms. The number of pyridine rings is 1. The summed E-state index contributed by atoms with van der Waals surface area (Å²) in [4.78, 5) is 33.8. The van der Waals surface area contributed by atoms with E-state index in [1.165, 1.54) is 0 Å². The molecule has 0 bridgehead atoms. The van der Waals surface area contributed by atoms with Crippen molar-refractivity contribution in [2.24, 2.45) is 0 Å². The van der Waals surface area contributed by atoms with Crippen molar-refractivity contribution >= 4 is 23.2 Å². The van der Waals surface area contributed by atoms with Gasteiger partial charge in [0, 0.05) is 55.9 Å². The van der Waals surface area contributed by atoms with Crippen molar-refractivity contribution < 1.29 is 9.59 Å². The molecule has 1 fully saturated rings. The quantitative estimate of drug-likeness (QED) is 0.889. The number of carbonyl (C=O) groups excluding carboxylic acids is 2. The zero-order valence-electron chi connectivity index (χ0n) is 15.5. The van der Waals surface area contributed by atoms with Crippen molar-refractivity contribution in [1.82, 2.24) is 9.88 Å². The Morgan fingerprint density at radius 1 is 1.15 bits per heavy atom. The highest BCUT2D eigenvalue weighted by atomic mass is 16.2. The summed E-state index contributed by atoms with van der Waals surface area (Å²) in [5, 5.41) is 2.87. The fourth-order valence-corrected chi connectivity index (χ4v) is 3.98. The van der Waals surface area contributed by atoms with Gasteiger partial charge in [-0.05, 0) is 37.1 Å². The van der Waals surface area contributed by atoms with Crippen molar-refractivity contribution in [3.8, 4) is 0 Å². The third-order valence-electron chi connectivity index (χ3n) is 5.35. The lowest BCUT2D eigenvalue weighted by Gasteiger charge is -2.30. The normalized spacial score (nSPS) is 19.9. The van der Waals surface area contributed by atoms with Gasteiger partial charge in [0.15, 0.2) is 0 Å². The number of hydrogen-bond donors (Lipinski definition) is 1. The van der Waals surface area contributed by atoms with Crippen LogP contribution in [0.2, 0.25) is 0 Å². The van der Waals surface area contributed by atoms with Crippen LogP contribution < -0.4 is 10.2 Å². The molecule has 0 saturated carbocycles. The molecule has 1 N–H and O–H groups in total. The van der Waals surface area contributed by atoms with Crippen molar-refractivity contribution in [3.05, 3.63) is 53.9 Å². The van der Waals surface area contributed by atoms with Crippen LogP contribution in [0.25, 0.3) is 0 Å². The number of nitrogens with zero attached hydrogens (tertiary/aromatic N) is 3. The Kier molecular flexibility index (Phi) is 4.79. The Hall–Kier alpha value is -2.89. The summed E-state index contributed by atoms with van der Waals surface area (Å²) >= 11 is 0. The van der Waals surface area contributed by atoms with Gasteiger partial charge in [-0.1, -0.05) is 18.2 Å². The van der Waals surface area contributed by atoms with E-state index in [0.29, 0.717) is 6.54 Å². The van der Waals surface area contributed by atoms with Gasteiger partial charge < -0.3 is 15.1 Å². The molecule has 1 atom stereocenters. The van der Waals surface area contributed by atoms with Crippen molar-refractivity contribution in [1.29, 1.82) is 0 Å². The van der Waals surface area contributed by atoms with Crippen LogP contribution in [0, 0.1) is 6.92 Å². The monoisotopic (exact) mass is 364 g/mol. The summed E-state index contributed by atoms with van der Waals surface area (Å²) in [5.41, 5.74) is 3.83.